The predicted octanol–water partition coefficient (Wildman–Crippen LogP) is 0.804. The monoisotopic (exact) mass is 394 g/mol. The van der Waals surface area contributed by atoms with E-state index in [1.54, 1.807) is 17.3 Å². The standard InChI is InChI=1S/C18H26N4O4S/c1-13(2)8-20-17(23)21-10-15-7-16-18(11-21,26-15)12-22(27(16,24)25)9-14-3-5-19-6-4-14/h3-6,13,15-16H,7-12H2,1-2H3,(H,20,23)/t15-,16+,18+/m1/s1. The average Bonchev–Trinajstić information content (AvgIpc) is 2.99. The van der Waals surface area contributed by atoms with Crippen molar-refractivity contribution in [2.24, 2.45) is 5.92 Å². The molecular weight excluding hydrogens is 368 g/mol. The number of morpholine rings is 1. The Morgan fingerprint density at radius 2 is 2.11 bits per heavy atom. The number of pyridine rings is 1. The van der Waals surface area contributed by atoms with Crippen molar-refractivity contribution in [3.63, 3.8) is 0 Å². The molecule has 3 fully saturated rings. The van der Waals surface area contributed by atoms with Crippen molar-refractivity contribution in [1.82, 2.24) is 19.5 Å². The summed E-state index contributed by atoms with van der Waals surface area (Å²) in [6.45, 7) is 6.02. The van der Waals surface area contributed by atoms with Crippen LogP contribution in [0.2, 0.25) is 0 Å². The number of urea groups is 1. The number of hydrogen-bond acceptors (Lipinski definition) is 5. The molecule has 4 heterocycles. The molecule has 1 N–H and O–H groups in total. The summed E-state index contributed by atoms with van der Waals surface area (Å²) in [5, 5.41) is 2.35. The smallest absolute Gasteiger partial charge is 0.317 e. The summed E-state index contributed by atoms with van der Waals surface area (Å²) in [5.74, 6) is 0.361. The Labute approximate surface area is 159 Å². The van der Waals surface area contributed by atoms with Crippen molar-refractivity contribution in [3.05, 3.63) is 30.1 Å². The van der Waals surface area contributed by atoms with E-state index < -0.39 is 20.9 Å². The predicted molar refractivity (Wildman–Crippen MR) is 99.4 cm³/mol. The minimum absolute atomic E-state index is 0.137. The van der Waals surface area contributed by atoms with Crippen molar-refractivity contribution >= 4 is 16.1 Å². The maximum Gasteiger partial charge on any atom is 0.317 e. The Morgan fingerprint density at radius 1 is 1.37 bits per heavy atom. The van der Waals surface area contributed by atoms with Gasteiger partial charge in [-0.3, -0.25) is 4.98 Å². The van der Waals surface area contributed by atoms with Crippen LogP contribution in [0.1, 0.15) is 25.8 Å². The average molecular weight is 394 g/mol. The van der Waals surface area contributed by atoms with Gasteiger partial charge in [0.1, 0.15) is 10.9 Å². The maximum absolute atomic E-state index is 13.1. The van der Waals surface area contributed by atoms with Gasteiger partial charge in [-0.1, -0.05) is 13.8 Å². The number of nitrogens with one attached hydrogen (secondary N) is 1. The van der Waals surface area contributed by atoms with Gasteiger partial charge in [0.25, 0.3) is 0 Å². The third kappa shape index (κ3) is 3.32. The van der Waals surface area contributed by atoms with E-state index in [1.807, 2.05) is 26.0 Å². The zero-order valence-corrected chi connectivity index (χ0v) is 16.5. The molecular formula is C18H26N4O4S. The molecule has 0 aliphatic carbocycles. The fourth-order valence-electron chi connectivity index (χ4n) is 4.34. The number of fused-ring (bicyclic) bond motifs is 1. The molecule has 3 atom stereocenters. The van der Waals surface area contributed by atoms with Gasteiger partial charge in [-0.2, -0.15) is 4.31 Å². The number of hydrogen-bond donors (Lipinski definition) is 1. The van der Waals surface area contributed by atoms with E-state index >= 15 is 0 Å². The van der Waals surface area contributed by atoms with E-state index in [9.17, 15) is 13.2 Å². The Morgan fingerprint density at radius 3 is 2.81 bits per heavy atom. The van der Waals surface area contributed by atoms with Gasteiger partial charge in [-0.05, 0) is 30.0 Å². The Kier molecular flexibility index (Phi) is 4.64. The molecule has 1 spiro atoms. The number of amides is 2. The molecule has 0 radical (unpaired) electrons. The fraction of sp³-hybridized carbons (Fsp3) is 0.667. The molecule has 0 saturated carbocycles. The Hall–Kier alpha value is -1.71. The summed E-state index contributed by atoms with van der Waals surface area (Å²) < 4.78 is 33.9. The van der Waals surface area contributed by atoms with Crippen LogP contribution >= 0.6 is 0 Å². The van der Waals surface area contributed by atoms with Crippen LogP contribution < -0.4 is 5.32 Å². The second-order valence-corrected chi connectivity index (χ2v) is 10.3. The molecule has 2 amide bonds. The van der Waals surface area contributed by atoms with Crippen LogP contribution in [0.15, 0.2) is 24.5 Å². The normalized spacial score (nSPS) is 31.9. The van der Waals surface area contributed by atoms with Crippen molar-refractivity contribution in [2.45, 2.75) is 43.8 Å². The lowest BCUT2D eigenvalue weighted by atomic mass is 9.99. The van der Waals surface area contributed by atoms with Gasteiger partial charge < -0.3 is 15.0 Å². The van der Waals surface area contributed by atoms with Crippen LogP contribution in [0.4, 0.5) is 4.79 Å². The second kappa shape index (κ2) is 6.72. The first-order valence-electron chi connectivity index (χ1n) is 9.39. The number of likely N-dealkylation sites (tertiary alicyclic amines) is 1. The molecule has 3 saturated heterocycles. The van der Waals surface area contributed by atoms with Crippen LogP contribution in [0.3, 0.4) is 0 Å². The van der Waals surface area contributed by atoms with Crippen molar-refractivity contribution in [3.8, 4) is 0 Å². The highest BCUT2D eigenvalue weighted by molar-refractivity contribution is 7.90. The lowest BCUT2D eigenvalue weighted by Gasteiger charge is -2.39. The molecule has 1 aromatic heterocycles. The van der Waals surface area contributed by atoms with Crippen LogP contribution in [0.5, 0.6) is 0 Å². The maximum atomic E-state index is 13.1. The molecule has 0 aromatic carbocycles. The zero-order valence-electron chi connectivity index (χ0n) is 15.7. The highest BCUT2D eigenvalue weighted by atomic mass is 32.2. The van der Waals surface area contributed by atoms with E-state index in [2.05, 4.69) is 10.3 Å². The number of aromatic nitrogens is 1. The first kappa shape index (κ1) is 18.6. The van der Waals surface area contributed by atoms with E-state index in [-0.39, 0.29) is 18.7 Å². The fourth-order valence-corrected chi connectivity index (χ4v) is 6.63. The van der Waals surface area contributed by atoms with Gasteiger partial charge in [0.15, 0.2) is 0 Å². The Bertz CT molecular complexity index is 816. The van der Waals surface area contributed by atoms with E-state index in [0.29, 0.717) is 38.5 Å². The topological polar surface area (TPSA) is 91.8 Å². The van der Waals surface area contributed by atoms with Crippen LogP contribution in [-0.2, 0) is 21.3 Å². The molecule has 148 valence electrons. The van der Waals surface area contributed by atoms with E-state index in [0.717, 1.165) is 5.56 Å². The summed E-state index contributed by atoms with van der Waals surface area (Å²) in [5.41, 5.74) is 0.0630. The van der Waals surface area contributed by atoms with Gasteiger partial charge in [-0.25, -0.2) is 13.2 Å². The minimum atomic E-state index is -3.47. The highest BCUT2D eigenvalue weighted by Crippen LogP contribution is 2.46. The zero-order chi connectivity index (χ0) is 19.2. The quantitative estimate of drug-likeness (QED) is 0.816. The van der Waals surface area contributed by atoms with Gasteiger partial charge in [0.2, 0.25) is 10.0 Å². The summed E-state index contributed by atoms with van der Waals surface area (Å²) in [6, 6.07) is 3.50. The number of ether oxygens (including phenoxy) is 1. The van der Waals surface area contributed by atoms with Crippen molar-refractivity contribution in [1.29, 1.82) is 0 Å². The molecule has 1 aromatic rings. The molecule has 9 heteroatoms. The number of nitrogens with zero attached hydrogens (tertiary/aromatic N) is 3. The van der Waals surface area contributed by atoms with Crippen LogP contribution in [-0.4, -0.2) is 71.8 Å². The summed E-state index contributed by atoms with van der Waals surface area (Å²) in [7, 11) is -3.47. The van der Waals surface area contributed by atoms with Gasteiger partial charge in [0, 0.05) is 38.6 Å². The number of rotatable bonds is 4. The number of carbonyl (C=O) groups is 1. The molecule has 0 unspecified atom stereocenters. The molecule has 2 bridgehead atoms. The minimum Gasteiger partial charge on any atom is -0.365 e. The summed E-state index contributed by atoms with van der Waals surface area (Å²) in [4.78, 5) is 18.2. The molecule has 27 heavy (non-hydrogen) atoms. The number of sulfonamides is 1. The lowest BCUT2D eigenvalue weighted by molar-refractivity contribution is -0.0958. The van der Waals surface area contributed by atoms with E-state index in [1.165, 1.54) is 4.31 Å². The summed E-state index contributed by atoms with van der Waals surface area (Å²) >= 11 is 0. The van der Waals surface area contributed by atoms with Crippen LogP contribution in [0, 0.1) is 5.92 Å². The van der Waals surface area contributed by atoms with Crippen LogP contribution in [0.25, 0.3) is 0 Å². The molecule has 3 aliphatic rings. The van der Waals surface area contributed by atoms with Gasteiger partial charge in [0.05, 0.1) is 12.6 Å². The van der Waals surface area contributed by atoms with Gasteiger partial charge in [-0.15, -0.1) is 0 Å². The first-order valence-corrected chi connectivity index (χ1v) is 10.9. The third-order valence-electron chi connectivity index (χ3n) is 5.57. The largest absolute Gasteiger partial charge is 0.365 e. The molecule has 4 rings (SSSR count). The lowest BCUT2D eigenvalue weighted by Crippen LogP contribution is -2.58. The summed E-state index contributed by atoms with van der Waals surface area (Å²) in [6.07, 6.45) is 3.55. The second-order valence-electron chi connectivity index (χ2n) is 8.16. The molecule has 8 nitrogen and oxygen atoms in total. The highest BCUT2D eigenvalue weighted by Gasteiger charge is 2.65. The first-order chi connectivity index (χ1) is 12.8. The number of carbonyl (C=O) groups excluding carboxylic acids is 1. The third-order valence-corrected chi connectivity index (χ3v) is 7.89. The van der Waals surface area contributed by atoms with Crippen molar-refractivity contribution in [2.75, 3.05) is 26.2 Å². The Balaban J connectivity index is 1.52. The SMILES string of the molecule is CC(C)CNC(=O)N1C[C@H]2C[C@H]3[C@](C1)(CN(Cc1ccncc1)S3(=O)=O)O2. The van der Waals surface area contributed by atoms with E-state index in [4.69, 9.17) is 4.74 Å². The van der Waals surface area contributed by atoms with Gasteiger partial charge >= 0.3 is 6.03 Å². The molecule has 3 aliphatic heterocycles. The van der Waals surface area contributed by atoms with Crippen molar-refractivity contribution < 1.29 is 17.9 Å².